The average Bonchev–Trinajstić information content (AvgIpc) is 3.08. The number of ether oxygens (including phenoxy) is 3. The van der Waals surface area contributed by atoms with Crippen LogP contribution in [0.4, 0.5) is 0 Å². The molecule has 0 amide bonds. The molecule has 0 fully saturated rings. The van der Waals surface area contributed by atoms with Gasteiger partial charge in [0.15, 0.2) is 5.75 Å². The first kappa shape index (κ1) is 25.0. The van der Waals surface area contributed by atoms with Crippen molar-refractivity contribution >= 4 is 57.7 Å². The molecule has 0 aliphatic carbocycles. The van der Waals surface area contributed by atoms with Gasteiger partial charge in [0.2, 0.25) is 0 Å². The summed E-state index contributed by atoms with van der Waals surface area (Å²) in [4.78, 5) is 5.82. The van der Waals surface area contributed by atoms with Gasteiger partial charge in [0.05, 0.1) is 29.0 Å². The Labute approximate surface area is 211 Å². The molecule has 3 rings (SSSR count). The zero-order chi connectivity index (χ0) is 23.1. The minimum Gasteiger partial charge on any atom is -0.493 e. The van der Waals surface area contributed by atoms with Crippen LogP contribution in [0.25, 0.3) is 10.6 Å². The summed E-state index contributed by atoms with van der Waals surface area (Å²) in [5.41, 5.74) is 2.15. The predicted molar refractivity (Wildman–Crippen MR) is 134 cm³/mol. The molecule has 3 aromatic rings. The Morgan fingerprint density at radius 2 is 1.59 bits per heavy atom. The summed E-state index contributed by atoms with van der Waals surface area (Å²) in [6.45, 7) is 5.21. The lowest BCUT2D eigenvalue weighted by molar-refractivity contribution is 0.247. The lowest BCUT2D eigenvalue weighted by Gasteiger charge is -2.12. The fourth-order valence-electron chi connectivity index (χ4n) is 2.67. The maximum absolute atomic E-state index is 6.27. The van der Waals surface area contributed by atoms with Crippen molar-refractivity contribution in [2.24, 2.45) is 0 Å². The molecule has 2 aromatic carbocycles. The summed E-state index contributed by atoms with van der Waals surface area (Å²) >= 11 is 25.3. The Morgan fingerprint density at radius 3 is 2.19 bits per heavy atom. The van der Waals surface area contributed by atoms with Crippen LogP contribution in [0.5, 0.6) is 17.2 Å². The van der Waals surface area contributed by atoms with Crippen LogP contribution >= 0.6 is 57.7 Å². The number of nitrogens with zero attached hydrogens (tertiary/aromatic N) is 1. The molecule has 0 saturated carbocycles. The molecule has 0 bridgehead atoms. The quantitative estimate of drug-likeness (QED) is 0.246. The van der Waals surface area contributed by atoms with Gasteiger partial charge in [-0.25, -0.2) is 4.98 Å². The number of halogens is 4. The van der Waals surface area contributed by atoms with Crippen LogP contribution < -0.4 is 14.2 Å². The standard InChI is InChI=1S/C23H21Cl4NO3S/c1-14-15(2)32-23(28-14)16-4-6-17(7-5-16)29-9-3-10-31-22-19(24)12-18(13-20(22)25)30-11-8-21(26)27/h4-8,12-13H,3,9-11H2,1-2H3. The second-order valence-corrected chi connectivity index (χ2v) is 9.78. The second-order valence-electron chi connectivity index (χ2n) is 6.76. The maximum Gasteiger partial charge on any atom is 0.156 e. The Hall–Kier alpha value is -1.63. The van der Waals surface area contributed by atoms with Crippen molar-refractivity contribution in [2.75, 3.05) is 19.8 Å². The fraction of sp³-hybridized carbons (Fsp3) is 0.261. The Bertz CT molecular complexity index is 1040. The third-order valence-corrected chi connectivity index (χ3v) is 6.39. The van der Waals surface area contributed by atoms with Crippen molar-refractivity contribution in [3.8, 4) is 27.8 Å². The van der Waals surface area contributed by atoms with Crippen molar-refractivity contribution < 1.29 is 14.2 Å². The van der Waals surface area contributed by atoms with E-state index in [0.717, 1.165) is 22.0 Å². The zero-order valence-corrected chi connectivity index (χ0v) is 21.3. The summed E-state index contributed by atoms with van der Waals surface area (Å²) in [6.07, 6.45) is 2.18. The highest BCUT2D eigenvalue weighted by Gasteiger charge is 2.11. The summed E-state index contributed by atoms with van der Waals surface area (Å²) in [5, 5.41) is 1.74. The van der Waals surface area contributed by atoms with Gasteiger partial charge >= 0.3 is 0 Å². The van der Waals surface area contributed by atoms with Crippen molar-refractivity contribution in [3.05, 3.63) is 67.6 Å². The van der Waals surface area contributed by atoms with Gasteiger partial charge in [0.25, 0.3) is 0 Å². The smallest absolute Gasteiger partial charge is 0.156 e. The number of thiazole rings is 1. The van der Waals surface area contributed by atoms with E-state index in [2.05, 4.69) is 11.9 Å². The summed E-state index contributed by atoms with van der Waals surface area (Å²) < 4.78 is 17.1. The Balaban J connectivity index is 1.44. The van der Waals surface area contributed by atoms with E-state index in [1.165, 1.54) is 11.0 Å². The molecule has 9 heteroatoms. The topological polar surface area (TPSA) is 40.6 Å². The van der Waals surface area contributed by atoms with Gasteiger partial charge < -0.3 is 14.2 Å². The monoisotopic (exact) mass is 531 g/mol. The predicted octanol–water partition coefficient (Wildman–Crippen LogP) is 8.28. The minimum atomic E-state index is 0.130. The zero-order valence-electron chi connectivity index (χ0n) is 17.5. The Morgan fingerprint density at radius 1 is 0.938 bits per heavy atom. The number of aromatic nitrogens is 1. The first-order valence-electron chi connectivity index (χ1n) is 9.76. The minimum absolute atomic E-state index is 0.130. The molecule has 1 aromatic heterocycles. The van der Waals surface area contributed by atoms with E-state index in [1.54, 1.807) is 23.5 Å². The van der Waals surface area contributed by atoms with E-state index in [0.29, 0.717) is 41.2 Å². The molecule has 1 heterocycles. The van der Waals surface area contributed by atoms with Gasteiger partial charge in [0.1, 0.15) is 27.6 Å². The van der Waals surface area contributed by atoms with Crippen LogP contribution in [-0.2, 0) is 0 Å². The van der Waals surface area contributed by atoms with Gasteiger partial charge in [-0.05, 0) is 44.2 Å². The van der Waals surface area contributed by atoms with Crippen molar-refractivity contribution in [1.29, 1.82) is 0 Å². The highest BCUT2D eigenvalue weighted by Crippen LogP contribution is 2.37. The average molecular weight is 533 g/mol. The number of rotatable bonds is 10. The number of hydrogen-bond donors (Lipinski definition) is 0. The van der Waals surface area contributed by atoms with Crippen LogP contribution in [-0.4, -0.2) is 24.8 Å². The molecule has 0 aliphatic rings. The van der Waals surface area contributed by atoms with Crippen LogP contribution in [0, 0.1) is 13.8 Å². The molecule has 0 aliphatic heterocycles. The van der Waals surface area contributed by atoms with Crippen molar-refractivity contribution in [1.82, 2.24) is 4.98 Å². The first-order valence-corrected chi connectivity index (χ1v) is 12.1. The van der Waals surface area contributed by atoms with E-state index in [9.17, 15) is 0 Å². The molecule has 0 atom stereocenters. The summed E-state index contributed by atoms with van der Waals surface area (Å²) in [6, 6.07) is 11.2. The highest BCUT2D eigenvalue weighted by atomic mass is 35.5. The van der Waals surface area contributed by atoms with Gasteiger partial charge in [-0.15, -0.1) is 11.3 Å². The van der Waals surface area contributed by atoms with Crippen molar-refractivity contribution in [2.45, 2.75) is 20.3 Å². The van der Waals surface area contributed by atoms with E-state index < -0.39 is 0 Å². The summed E-state index contributed by atoms with van der Waals surface area (Å²) in [5.74, 6) is 1.69. The van der Waals surface area contributed by atoms with Crippen LogP contribution in [0.2, 0.25) is 10.0 Å². The largest absolute Gasteiger partial charge is 0.493 e. The Kier molecular flexibility index (Phi) is 9.38. The molecule has 0 radical (unpaired) electrons. The summed E-state index contributed by atoms with van der Waals surface area (Å²) in [7, 11) is 0. The molecule has 4 nitrogen and oxygen atoms in total. The molecule has 0 spiro atoms. The van der Waals surface area contributed by atoms with Crippen LogP contribution in [0.15, 0.2) is 47.0 Å². The molecule has 0 saturated heterocycles. The van der Waals surface area contributed by atoms with Gasteiger partial charge in [-0.1, -0.05) is 46.4 Å². The van der Waals surface area contributed by atoms with Gasteiger partial charge in [0, 0.05) is 29.0 Å². The van der Waals surface area contributed by atoms with Gasteiger partial charge in [-0.3, -0.25) is 0 Å². The van der Waals surface area contributed by atoms with E-state index in [-0.39, 0.29) is 11.1 Å². The third kappa shape index (κ3) is 7.19. The third-order valence-electron chi connectivity index (χ3n) is 4.39. The van der Waals surface area contributed by atoms with Crippen molar-refractivity contribution in [3.63, 3.8) is 0 Å². The number of aryl methyl sites for hydroxylation is 2. The molecule has 0 N–H and O–H groups in total. The maximum atomic E-state index is 6.27. The molecular weight excluding hydrogens is 512 g/mol. The van der Waals surface area contributed by atoms with Crippen LogP contribution in [0.3, 0.4) is 0 Å². The second kappa shape index (κ2) is 12.0. The SMILES string of the molecule is Cc1nc(-c2ccc(OCCCOc3c(Cl)cc(OCC=C(Cl)Cl)cc3Cl)cc2)sc1C. The molecular formula is C23H21Cl4NO3S. The molecule has 170 valence electrons. The lowest BCUT2D eigenvalue weighted by Crippen LogP contribution is -2.05. The fourth-order valence-corrected chi connectivity index (χ4v) is 4.29. The van der Waals surface area contributed by atoms with Crippen LogP contribution in [0.1, 0.15) is 17.0 Å². The highest BCUT2D eigenvalue weighted by molar-refractivity contribution is 7.15. The normalized spacial score (nSPS) is 10.7. The molecule has 0 unspecified atom stereocenters. The first-order chi connectivity index (χ1) is 15.3. The lowest BCUT2D eigenvalue weighted by atomic mass is 10.2. The number of benzene rings is 2. The van der Waals surface area contributed by atoms with E-state index >= 15 is 0 Å². The van der Waals surface area contributed by atoms with E-state index in [4.69, 9.17) is 60.6 Å². The van der Waals surface area contributed by atoms with Gasteiger partial charge in [-0.2, -0.15) is 0 Å². The number of hydrogen-bond acceptors (Lipinski definition) is 5. The molecule has 32 heavy (non-hydrogen) atoms. The van der Waals surface area contributed by atoms with E-state index in [1.807, 2.05) is 31.2 Å².